The molecule has 1 aromatic heterocycles. The van der Waals surface area contributed by atoms with Crippen LogP contribution >= 0.6 is 15.9 Å². The van der Waals surface area contributed by atoms with Gasteiger partial charge in [0.1, 0.15) is 0 Å². The highest BCUT2D eigenvalue weighted by atomic mass is 79.9. The van der Waals surface area contributed by atoms with E-state index in [1.54, 1.807) is 0 Å². The Morgan fingerprint density at radius 3 is 2.40 bits per heavy atom. The molecule has 160 valence electrons. The molecule has 3 aromatic rings. The molecular formula is C25H32BrN3O. The Morgan fingerprint density at radius 2 is 1.60 bits per heavy atom. The normalized spacial score (nSPS) is 20.9. The molecule has 5 heteroatoms. The van der Waals surface area contributed by atoms with Crippen LogP contribution in [0.5, 0.6) is 0 Å². The zero-order valence-electron chi connectivity index (χ0n) is 17.6. The van der Waals surface area contributed by atoms with E-state index in [0.717, 1.165) is 43.2 Å². The Balaban J connectivity index is 1.26. The number of aliphatic hydroxyl groups excluding tert-OH is 1. The lowest BCUT2D eigenvalue weighted by molar-refractivity contribution is 0.0435. The van der Waals surface area contributed by atoms with Crippen LogP contribution in [-0.4, -0.2) is 64.3 Å². The molecule has 1 aliphatic heterocycles. The van der Waals surface area contributed by atoms with Crippen LogP contribution in [0.4, 0.5) is 0 Å². The molecule has 4 nitrogen and oxygen atoms in total. The van der Waals surface area contributed by atoms with Crippen molar-refractivity contribution in [3.8, 4) is 0 Å². The van der Waals surface area contributed by atoms with Crippen molar-refractivity contribution in [3.63, 3.8) is 0 Å². The minimum Gasteiger partial charge on any atom is -0.390 e. The standard InChI is InChI=1S/C25H32BrN3O/c26-19-10-11-25-23(16-19)22-8-4-5-9-24(22)29(25)18-21(30)17-27-12-14-28(15-13-27)20-6-2-1-3-7-20/h4-5,8-11,16,20-21,30H,1-3,6-7,12-15,17-18H2/t21-/m0/s1. The van der Waals surface area contributed by atoms with Crippen LogP contribution < -0.4 is 0 Å². The van der Waals surface area contributed by atoms with Gasteiger partial charge in [0.25, 0.3) is 0 Å². The van der Waals surface area contributed by atoms with Crippen molar-refractivity contribution >= 4 is 37.7 Å². The van der Waals surface area contributed by atoms with Gasteiger partial charge in [-0.3, -0.25) is 9.80 Å². The Bertz CT molecular complexity index is 1000. The third-order valence-electron chi connectivity index (χ3n) is 7.09. The van der Waals surface area contributed by atoms with E-state index in [1.165, 1.54) is 53.9 Å². The number of piperazine rings is 1. The minimum absolute atomic E-state index is 0.367. The van der Waals surface area contributed by atoms with E-state index in [-0.39, 0.29) is 6.10 Å². The van der Waals surface area contributed by atoms with Gasteiger partial charge in [-0.1, -0.05) is 53.4 Å². The summed E-state index contributed by atoms with van der Waals surface area (Å²) in [6.07, 6.45) is 6.62. The number of benzene rings is 2. The average molecular weight is 470 g/mol. The van der Waals surface area contributed by atoms with E-state index < -0.39 is 0 Å². The molecule has 0 radical (unpaired) electrons. The first-order chi connectivity index (χ1) is 14.7. The summed E-state index contributed by atoms with van der Waals surface area (Å²) >= 11 is 3.61. The first kappa shape index (κ1) is 20.5. The van der Waals surface area contributed by atoms with Crippen molar-refractivity contribution in [2.45, 2.75) is 50.8 Å². The van der Waals surface area contributed by atoms with Crippen molar-refractivity contribution in [2.75, 3.05) is 32.7 Å². The zero-order valence-corrected chi connectivity index (χ0v) is 19.2. The summed E-state index contributed by atoms with van der Waals surface area (Å²) in [6, 6.07) is 15.8. The summed E-state index contributed by atoms with van der Waals surface area (Å²) in [5.74, 6) is 0. The first-order valence-corrected chi connectivity index (χ1v) is 12.3. The molecule has 2 aliphatic rings. The molecule has 30 heavy (non-hydrogen) atoms. The number of rotatable bonds is 5. The topological polar surface area (TPSA) is 31.6 Å². The Morgan fingerprint density at radius 1 is 0.867 bits per heavy atom. The van der Waals surface area contributed by atoms with E-state index in [0.29, 0.717) is 6.54 Å². The fourth-order valence-corrected chi connectivity index (χ4v) is 5.91. The number of hydrogen-bond acceptors (Lipinski definition) is 3. The summed E-state index contributed by atoms with van der Waals surface area (Å²) in [5.41, 5.74) is 2.40. The molecule has 2 aromatic carbocycles. The number of hydrogen-bond donors (Lipinski definition) is 1. The molecule has 0 unspecified atom stereocenters. The maximum Gasteiger partial charge on any atom is 0.0845 e. The highest BCUT2D eigenvalue weighted by molar-refractivity contribution is 9.10. The molecule has 1 aliphatic carbocycles. The third kappa shape index (κ3) is 4.18. The number of halogens is 1. The number of fused-ring (bicyclic) bond motifs is 3. The van der Waals surface area contributed by atoms with Gasteiger partial charge in [0.2, 0.25) is 0 Å². The number of nitrogens with zero attached hydrogens (tertiary/aromatic N) is 3. The van der Waals surface area contributed by atoms with E-state index in [4.69, 9.17) is 0 Å². The summed E-state index contributed by atoms with van der Waals surface area (Å²) in [6.45, 7) is 5.85. The molecule has 1 saturated carbocycles. The van der Waals surface area contributed by atoms with Gasteiger partial charge in [-0.2, -0.15) is 0 Å². The van der Waals surface area contributed by atoms with Crippen molar-refractivity contribution in [3.05, 3.63) is 46.9 Å². The van der Waals surface area contributed by atoms with Crippen molar-refractivity contribution in [1.29, 1.82) is 0 Å². The van der Waals surface area contributed by atoms with Crippen LogP contribution in [0.2, 0.25) is 0 Å². The van der Waals surface area contributed by atoms with Gasteiger partial charge in [-0.25, -0.2) is 0 Å². The van der Waals surface area contributed by atoms with E-state index in [1.807, 2.05) is 0 Å². The lowest BCUT2D eigenvalue weighted by atomic mass is 9.94. The Labute approximate surface area is 187 Å². The molecule has 1 N–H and O–H groups in total. The van der Waals surface area contributed by atoms with Gasteiger partial charge in [0.15, 0.2) is 0 Å². The van der Waals surface area contributed by atoms with Crippen molar-refractivity contribution < 1.29 is 5.11 Å². The maximum absolute atomic E-state index is 11.0. The summed E-state index contributed by atoms with van der Waals surface area (Å²) < 4.78 is 3.38. The summed E-state index contributed by atoms with van der Waals surface area (Å²) in [4.78, 5) is 5.15. The van der Waals surface area contributed by atoms with Gasteiger partial charge in [-0.15, -0.1) is 0 Å². The number of para-hydroxylation sites is 1. The van der Waals surface area contributed by atoms with E-state index in [2.05, 4.69) is 72.8 Å². The molecule has 0 bridgehead atoms. The number of aromatic nitrogens is 1. The predicted molar refractivity (Wildman–Crippen MR) is 128 cm³/mol. The van der Waals surface area contributed by atoms with Gasteiger partial charge in [0.05, 0.1) is 12.6 Å². The smallest absolute Gasteiger partial charge is 0.0845 e. The molecule has 1 atom stereocenters. The van der Waals surface area contributed by atoms with Crippen LogP contribution in [0, 0.1) is 0 Å². The molecule has 5 rings (SSSR count). The fraction of sp³-hybridized carbons (Fsp3) is 0.520. The highest BCUT2D eigenvalue weighted by Gasteiger charge is 2.26. The molecule has 0 spiro atoms. The zero-order chi connectivity index (χ0) is 20.5. The first-order valence-electron chi connectivity index (χ1n) is 11.5. The third-order valence-corrected chi connectivity index (χ3v) is 7.59. The lowest BCUT2D eigenvalue weighted by Gasteiger charge is -2.41. The molecule has 1 saturated heterocycles. The summed E-state index contributed by atoms with van der Waals surface area (Å²) in [5, 5.41) is 13.5. The number of β-amino-alcohol motifs (C(OH)–C–C–N with tert-alkyl or cyclic N) is 1. The highest BCUT2D eigenvalue weighted by Crippen LogP contribution is 2.31. The number of aliphatic hydroxyl groups is 1. The Hall–Kier alpha value is -1.40. The quantitative estimate of drug-likeness (QED) is 0.578. The minimum atomic E-state index is -0.367. The second-order valence-corrected chi connectivity index (χ2v) is 9.99. The average Bonchev–Trinajstić information content (AvgIpc) is 3.08. The van der Waals surface area contributed by atoms with Crippen LogP contribution in [0.1, 0.15) is 32.1 Å². The molecular weight excluding hydrogens is 438 g/mol. The van der Waals surface area contributed by atoms with Crippen LogP contribution in [0.15, 0.2) is 46.9 Å². The van der Waals surface area contributed by atoms with Crippen molar-refractivity contribution in [2.24, 2.45) is 0 Å². The van der Waals surface area contributed by atoms with Gasteiger partial charge >= 0.3 is 0 Å². The monoisotopic (exact) mass is 469 g/mol. The second kappa shape index (κ2) is 8.99. The Kier molecular flexibility index (Phi) is 6.15. The van der Waals surface area contributed by atoms with E-state index in [9.17, 15) is 5.11 Å². The van der Waals surface area contributed by atoms with Crippen LogP contribution in [0.3, 0.4) is 0 Å². The van der Waals surface area contributed by atoms with E-state index >= 15 is 0 Å². The fourth-order valence-electron chi connectivity index (χ4n) is 5.55. The lowest BCUT2D eigenvalue weighted by Crippen LogP contribution is -2.52. The SMILES string of the molecule is O[C@@H](CN1CCN(C2CCCCC2)CC1)Cn1c2ccccc2c2cc(Br)ccc21. The molecule has 0 amide bonds. The molecule has 2 fully saturated rings. The van der Waals surface area contributed by atoms with Gasteiger partial charge in [-0.05, 0) is 37.1 Å². The van der Waals surface area contributed by atoms with Crippen LogP contribution in [-0.2, 0) is 6.54 Å². The summed E-state index contributed by atoms with van der Waals surface area (Å²) in [7, 11) is 0. The van der Waals surface area contributed by atoms with Gasteiger partial charge in [0, 0.05) is 65.0 Å². The van der Waals surface area contributed by atoms with Crippen LogP contribution in [0.25, 0.3) is 21.8 Å². The second-order valence-electron chi connectivity index (χ2n) is 9.07. The molecule has 2 heterocycles. The van der Waals surface area contributed by atoms with Gasteiger partial charge < -0.3 is 9.67 Å². The maximum atomic E-state index is 11.0. The largest absolute Gasteiger partial charge is 0.390 e. The van der Waals surface area contributed by atoms with Crippen molar-refractivity contribution in [1.82, 2.24) is 14.4 Å². The predicted octanol–water partition coefficient (Wildman–Crippen LogP) is 4.87.